The second-order valence-electron chi connectivity index (χ2n) is 22.2. The Hall–Kier alpha value is -4.96. The number of para-hydroxylation sites is 2. The van der Waals surface area contributed by atoms with Crippen LogP contribution < -0.4 is 10.9 Å². The highest BCUT2D eigenvalue weighted by Crippen LogP contribution is 2.50. The molecule has 0 unspecified atom stereocenters. The number of nitrogens with zero attached hydrogens (tertiary/aromatic N) is 2. The minimum absolute atomic E-state index is 0.0712. The molecule has 0 saturated heterocycles. The van der Waals surface area contributed by atoms with Gasteiger partial charge in [-0.2, -0.15) is 0 Å². The van der Waals surface area contributed by atoms with Gasteiger partial charge in [-0.05, 0) is 182 Å². The molecular weight excluding hydrogens is 805 g/mol. The number of benzene rings is 5. The molecule has 338 valence electrons. The van der Waals surface area contributed by atoms with Gasteiger partial charge in [0.05, 0.1) is 33.4 Å². The maximum atomic E-state index is 15.5. The van der Waals surface area contributed by atoms with Crippen LogP contribution in [0.1, 0.15) is 223 Å². The quantitative estimate of drug-likeness (QED) is 0.143. The van der Waals surface area contributed by atoms with E-state index < -0.39 is 0 Å². The molecule has 13 rings (SSSR count). The first-order chi connectivity index (χ1) is 32.6. The molecule has 6 fully saturated rings. The molecule has 6 saturated carbocycles. The minimum atomic E-state index is 0.0712. The fraction of sp³-hybridized carbons (Fsp3) is 0.484. The highest BCUT2D eigenvalue weighted by Gasteiger charge is 2.34. The molecule has 7 aromatic rings. The van der Waals surface area contributed by atoms with E-state index in [2.05, 4.69) is 94.1 Å². The van der Waals surface area contributed by atoms with Gasteiger partial charge in [0.25, 0.3) is 0 Å². The van der Waals surface area contributed by atoms with Gasteiger partial charge in [0.1, 0.15) is 0 Å². The summed E-state index contributed by atoms with van der Waals surface area (Å²) in [4.78, 5) is 30.9. The van der Waals surface area contributed by atoms with Gasteiger partial charge < -0.3 is 9.13 Å². The number of hydrogen-bond donors (Lipinski definition) is 0. The molecule has 0 radical (unpaired) electrons. The van der Waals surface area contributed by atoms with Crippen molar-refractivity contribution >= 4 is 43.6 Å². The molecule has 4 heteroatoms. The largest absolute Gasteiger partial charge is 0.308 e. The fourth-order valence-corrected chi connectivity index (χ4v) is 15.2. The molecule has 6 aliphatic carbocycles. The van der Waals surface area contributed by atoms with Gasteiger partial charge in [0.2, 0.25) is 0 Å². The Morgan fingerprint density at radius 1 is 0.303 bits per heavy atom. The number of aromatic nitrogens is 2. The van der Waals surface area contributed by atoms with Gasteiger partial charge in [-0.3, -0.25) is 9.59 Å². The molecule has 2 aromatic heterocycles. The number of hydrogen-bond acceptors (Lipinski definition) is 2. The lowest BCUT2D eigenvalue weighted by Gasteiger charge is -2.30. The fourth-order valence-electron chi connectivity index (χ4n) is 15.2. The Balaban J connectivity index is 1.16. The molecule has 6 aliphatic rings. The predicted octanol–water partition coefficient (Wildman–Crippen LogP) is 16.5. The predicted molar refractivity (Wildman–Crippen MR) is 275 cm³/mol. The highest BCUT2D eigenvalue weighted by molar-refractivity contribution is 6.05. The molecule has 4 nitrogen and oxygen atoms in total. The average molecular weight is 873 g/mol. The highest BCUT2D eigenvalue weighted by atomic mass is 16.1. The van der Waals surface area contributed by atoms with E-state index in [1.54, 1.807) is 11.1 Å². The summed E-state index contributed by atoms with van der Waals surface area (Å²) < 4.78 is 5.04. The van der Waals surface area contributed by atoms with Crippen LogP contribution in [-0.2, 0) is 0 Å². The number of pyridine rings is 2. The Labute approximate surface area is 390 Å². The van der Waals surface area contributed by atoms with Crippen LogP contribution in [0.4, 0.5) is 0 Å². The number of rotatable bonds is 8. The first-order valence-electron chi connectivity index (χ1n) is 27.0. The lowest BCUT2D eigenvalue weighted by atomic mass is 9.82. The maximum absolute atomic E-state index is 15.5. The van der Waals surface area contributed by atoms with Crippen LogP contribution in [0.2, 0.25) is 0 Å². The topological polar surface area (TPSA) is 44.0 Å². The van der Waals surface area contributed by atoms with Crippen molar-refractivity contribution in [3.63, 3.8) is 0 Å². The normalized spacial score (nSPS) is 20.8. The summed E-state index contributed by atoms with van der Waals surface area (Å²) in [6.45, 7) is 0. The molecule has 66 heavy (non-hydrogen) atoms. The summed E-state index contributed by atoms with van der Waals surface area (Å²) in [5.41, 5.74) is 15.6. The van der Waals surface area contributed by atoms with Gasteiger partial charge in [-0.1, -0.05) is 126 Å². The molecule has 0 atom stereocenters. The minimum Gasteiger partial charge on any atom is -0.308 e. The van der Waals surface area contributed by atoms with Crippen LogP contribution in [0, 0.1) is 0 Å². The first kappa shape index (κ1) is 41.2. The first-order valence-corrected chi connectivity index (χ1v) is 27.0. The summed E-state index contributed by atoms with van der Waals surface area (Å²) in [5.74, 6) is 3.23. The molecule has 2 heterocycles. The van der Waals surface area contributed by atoms with Crippen LogP contribution >= 0.6 is 0 Å². The van der Waals surface area contributed by atoms with Crippen molar-refractivity contribution in [2.45, 2.75) is 190 Å². The van der Waals surface area contributed by atoms with E-state index in [1.165, 1.54) is 188 Å². The van der Waals surface area contributed by atoms with E-state index in [1.807, 2.05) is 0 Å². The molecule has 0 bridgehead atoms. The molecule has 0 spiro atoms. The SMILES string of the molecule is O=c1c2ccccc2n(-c2c(C3CCCC3)cc(C3CCCC3)cc2C2CCCC2)c2cc3c(=O)c4ccccc4n(-c4c(C5CCCC5)cc(C5CCCC5)cc4C4CCCC4)c3cc12. The Morgan fingerprint density at radius 2 is 0.576 bits per heavy atom. The molecule has 5 aromatic carbocycles. The zero-order valence-corrected chi connectivity index (χ0v) is 39.2. The van der Waals surface area contributed by atoms with E-state index in [9.17, 15) is 0 Å². The Kier molecular flexibility index (Phi) is 10.6. The standard InChI is InChI=1S/C62H68N2O2/c65-61-47-29-13-15-31-55(47)63(59-49(41-21-5-6-22-41)33-45(39-17-1-2-18-39)34-50(59)42-23-7-8-24-42)57-37-54-58(38-53(57)61)64(56-32-16-14-30-48(56)62(54)66)60-51(43-25-9-10-26-43)35-46(40-19-3-4-20-40)36-52(60)44-27-11-12-28-44/h13-16,29-44H,1-12,17-28H2. The van der Waals surface area contributed by atoms with E-state index in [-0.39, 0.29) is 10.9 Å². The van der Waals surface area contributed by atoms with Crippen LogP contribution in [0.25, 0.3) is 55.0 Å². The van der Waals surface area contributed by atoms with Crippen molar-refractivity contribution in [3.05, 3.63) is 139 Å². The van der Waals surface area contributed by atoms with E-state index in [0.717, 1.165) is 43.6 Å². The summed E-state index contributed by atoms with van der Waals surface area (Å²) in [7, 11) is 0. The van der Waals surface area contributed by atoms with Gasteiger partial charge >= 0.3 is 0 Å². The van der Waals surface area contributed by atoms with Crippen LogP contribution in [0.3, 0.4) is 0 Å². The van der Waals surface area contributed by atoms with E-state index >= 15 is 9.59 Å². The Morgan fingerprint density at radius 3 is 0.879 bits per heavy atom. The van der Waals surface area contributed by atoms with Crippen molar-refractivity contribution in [3.8, 4) is 11.4 Å². The van der Waals surface area contributed by atoms with Gasteiger partial charge in [-0.15, -0.1) is 0 Å². The van der Waals surface area contributed by atoms with Crippen molar-refractivity contribution < 1.29 is 0 Å². The smallest absolute Gasteiger partial charge is 0.197 e. The third-order valence-corrected chi connectivity index (χ3v) is 18.5. The molecule has 0 aliphatic heterocycles. The third kappa shape index (κ3) is 6.80. The lowest BCUT2D eigenvalue weighted by Crippen LogP contribution is -2.19. The molecule has 0 amide bonds. The van der Waals surface area contributed by atoms with Crippen molar-refractivity contribution in [1.29, 1.82) is 0 Å². The van der Waals surface area contributed by atoms with Crippen LogP contribution in [0.5, 0.6) is 0 Å². The zero-order chi connectivity index (χ0) is 43.9. The van der Waals surface area contributed by atoms with Crippen molar-refractivity contribution in [2.75, 3.05) is 0 Å². The second kappa shape index (κ2) is 17.0. The third-order valence-electron chi connectivity index (χ3n) is 18.5. The molecule has 0 N–H and O–H groups in total. The Bertz CT molecular complexity index is 2840. The van der Waals surface area contributed by atoms with Crippen LogP contribution in [-0.4, -0.2) is 9.13 Å². The second-order valence-corrected chi connectivity index (χ2v) is 22.2. The monoisotopic (exact) mass is 873 g/mol. The summed E-state index contributed by atoms with van der Waals surface area (Å²) in [6.07, 6.45) is 30.4. The molecular formula is C62H68N2O2. The van der Waals surface area contributed by atoms with Gasteiger partial charge in [0, 0.05) is 21.5 Å². The average Bonchev–Trinajstić information content (AvgIpc) is 4.22. The van der Waals surface area contributed by atoms with E-state index in [4.69, 9.17) is 0 Å². The van der Waals surface area contributed by atoms with Crippen molar-refractivity contribution in [1.82, 2.24) is 9.13 Å². The van der Waals surface area contributed by atoms with Crippen LogP contribution in [0.15, 0.2) is 94.5 Å². The summed E-state index contributed by atoms with van der Waals surface area (Å²) in [5, 5.41) is 3.00. The van der Waals surface area contributed by atoms with Gasteiger partial charge in [-0.25, -0.2) is 0 Å². The lowest BCUT2D eigenvalue weighted by molar-refractivity contribution is 0.672. The van der Waals surface area contributed by atoms with Gasteiger partial charge in [0.15, 0.2) is 10.9 Å². The zero-order valence-electron chi connectivity index (χ0n) is 39.2. The summed E-state index contributed by atoms with van der Waals surface area (Å²) >= 11 is 0. The number of fused-ring (bicyclic) bond motifs is 4. The van der Waals surface area contributed by atoms with E-state index in [0.29, 0.717) is 35.5 Å². The van der Waals surface area contributed by atoms with Crippen molar-refractivity contribution in [2.24, 2.45) is 0 Å². The maximum Gasteiger partial charge on any atom is 0.197 e. The summed E-state index contributed by atoms with van der Waals surface area (Å²) in [6, 6.07) is 31.8.